The van der Waals surface area contributed by atoms with Crippen LogP contribution in [0.25, 0.3) is 0 Å². The Morgan fingerprint density at radius 1 is 1.50 bits per heavy atom. The Morgan fingerprint density at radius 3 is 2.93 bits per heavy atom. The van der Waals surface area contributed by atoms with E-state index in [9.17, 15) is 4.79 Å². The lowest BCUT2D eigenvalue weighted by molar-refractivity contribution is -0.107. The Balaban J connectivity index is 2.84. The van der Waals surface area contributed by atoms with Gasteiger partial charge in [-0.3, -0.25) is 0 Å². The van der Waals surface area contributed by atoms with E-state index in [0.717, 1.165) is 17.6 Å². The van der Waals surface area contributed by atoms with E-state index in [4.69, 9.17) is 16.3 Å². The normalized spacial score (nSPS) is 9.86. The van der Waals surface area contributed by atoms with Crippen molar-refractivity contribution in [2.45, 2.75) is 19.8 Å². The zero-order chi connectivity index (χ0) is 10.4. The summed E-state index contributed by atoms with van der Waals surface area (Å²) >= 11 is 5.85. The molecule has 0 atom stereocenters. The average Bonchev–Trinajstić information content (AvgIpc) is 2.18. The van der Waals surface area contributed by atoms with Gasteiger partial charge in [0.2, 0.25) is 0 Å². The molecule has 0 radical (unpaired) electrons. The third-order valence-electron chi connectivity index (χ3n) is 1.85. The van der Waals surface area contributed by atoms with E-state index in [-0.39, 0.29) is 0 Å². The fourth-order valence-electron chi connectivity index (χ4n) is 1.25. The molecule has 0 amide bonds. The van der Waals surface area contributed by atoms with Gasteiger partial charge in [-0.25, -0.2) is 0 Å². The molecule has 0 spiro atoms. The van der Waals surface area contributed by atoms with E-state index < -0.39 is 0 Å². The Labute approximate surface area is 88.8 Å². The molecule has 0 aliphatic heterocycles. The highest BCUT2D eigenvalue weighted by Crippen LogP contribution is 2.23. The summed E-state index contributed by atoms with van der Waals surface area (Å²) in [7, 11) is 0. The maximum Gasteiger partial charge on any atom is 0.122 e. The van der Waals surface area contributed by atoms with Crippen molar-refractivity contribution in [2.75, 3.05) is 6.61 Å². The first kappa shape index (κ1) is 11.1. The molecular weight excluding hydrogens is 200 g/mol. The van der Waals surface area contributed by atoms with E-state index in [1.807, 2.05) is 19.1 Å². The molecule has 0 N–H and O–H groups in total. The number of aryl methyl sites for hydroxylation is 1. The molecule has 0 bridgehead atoms. The van der Waals surface area contributed by atoms with Crippen molar-refractivity contribution in [1.29, 1.82) is 0 Å². The molecule has 0 fully saturated rings. The fraction of sp³-hybridized carbons (Fsp3) is 0.364. The lowest BCUT2D eigenvalue weighted by Crippen LogP contribution is -1.97. The highest BCUT2D eigenvalue weighted by atomic mass is 35.5. The van der Waals surface area contributed by atoms with Crippen molar-refractivity contribution in [1.82, 2.24) is 0 Å². The van der Waals surface area contributed by atoms with E-state index in [1.165, 1.54) is 0 Å². The van der Waals surface area contributed by atoms with Crippen molar-refractivity contribution in [3.05, 3.63) is 28.8 Å². The number of carbonyl (C=O) groups is 1. The average molecular weight is 213 g/mol. The summed E-state index contributed by atoms with van der Waals surface area (Å²) in [5, 5.41) is 0.675. The third kappa shape index (κ3) is 3.04. The molecule has 0 aliphatic carbocycles. The molecule has 0 aromatic heterocycles. The molecule has 0 unspecified atom stereocenters. The molecule has 2 nitrogen and oxygen atoms in total. The number of halogens is 1. The predicted octanol–water partition coefficient (Wildman–Crippen LogP) is 2.87. The second-order valence-electron chi connectivity index (χ2n) is 2.89. The van der Waals surface area contributed by atoms with E-state index in [2.05, 4.69) is 0 Å². The summed E-state index contributed by atoms with van der Waals surface area (Å²) < 4.78 is 5.41. The van der Waals surface area contributed by atoms with Crippen molar-refractivity contribution in [2.24, 2.45) is 0 Å². The minimum absolute atomic E-state index is 0.500. The lowest BCUT2D eigenvalue weighted by atomic mass is 10.1. The molecule has 1 aromatic carbocycles. The molecule has 1 aromatic rings. The Hall–Kier alpha value is -1.02. The first-order valence-corrected chi connectivity index (χ1v) is 5.00. The van der Waals surface area contributed by atoms with Gasteiger partial charge < -0.3 is 9.53 Å². The van der Waals surface area contributed by atoms with Crippen LogP contribution in [0.3, 0.4) is 0 Å². The Kier molecular flexibility index (Phi) is 4.47. The van der Waals surface area contributed by atoms with Crippen LogP contribution in [0, 0.1) is 0 Å². The number of ether oxygens (including phenoxy) is 1. The van der Waals surface area contributed by atoms with Gasteiger partial charge >= 0.3 is 0 Å². The topological polar surface area (TPSA) is 26.3 Å². The molecular formula is C11H13ClO2. The zero-order valence-corrected chi connectivity index (χ0v) is 8.88. The molecule has 0 saturated carbocycles. The number of carbonyl (C=O) groups excluding carboxylic acids is 1. The Morgan fingerprint density at radius 2 is 2.29 bits per heavy atom. The summed E-state index contributed by atoms with van der Waals surface area (Å²) in [6.45, 7) is 2.55. The molecule has 76 valence electrons. The highest BCUT2D eigenvalue weighted by molar-refractivity contribution is 6.30. The van der Waals surface area contributed by atoms with Crippen LogP contribution in [-0.4, -0.2) is 12.9 Å². The quantitative estimate of drug-likeness (QED) is 0.702. The molecule has 14 heavy (non-hydrogen) atoms. The summed E-state index contributed by atoms with van der Waals surface area (Å²) in [6, 6.07) is 5.47. The Bertz CT molecular complexity index is 310. The first-order valence-electron chi connectivity index (χ1n) is 4.62. The van der Waals surface area contributed by atoms with Crippen molar-refractivity contribution in [3.8, 4) is 5.75 Å². The van der Waals surface area contributed by atoms with Gasteiger partial charge in [0.15, 0.2) is 0 Å². The van der Waals surface area contributed by atoms with Gasteiger partial charge in [0.25, 0.3) is 0 Å². The predicted molar refractivity (Wildman–Crippen MR) is 57.0 cm³/mol. The van der Waals surface area contributed by atoms with Gasteiger partial charge in [-0.15, -0.1) is 0 Å². The van der Waals surface area contributed by atoms with Gasteiger partial charge in [-0.1, -0.05) is 11.6 Å². The minimum atomic E-state index is 0.500. The second-order valence-corrected chi connectivity index (χ2v) is 3.33. The summed E-state index contributed by atoms with van der Waals surface area (Å²) in [5.74, 6) is 0.818. The number of hydrogen-bond acceptors (Lipinski definition) is 2. The molecule has 0 saturated heterocycles. The van der Waals surface area contributed by atoms with Crippen LogP contribution in [0.15, 0.2) is 18.2 Å². The highest BCUT2D eigenvalue weighted by Gasteiger charge is 2.03. The van der Waals surface area contributed by atoms with Crippen LogP contribution in [0.1, 0.15) is 18.9 Å². The van der Waals surface area contributed by atoms with Crippen LogP contribution < -0.4 is 4.74 Å². The van der Waals surface area contributed by atoms with Crippen LogP contribution in [0.5, 0.6) is 5.75 Å². The number of aldehydes is 1. The SMILES string of the molecule is CCOc1ccc(Cl)cc1CCC=O. The molecule has 3 heteroatoms. The van der Waals surface area contributed by atoms with Crippen molar-refractivity contribution in [3.63, 3.8) is 0 Å². The standard InChI is InChI=1S/C11H13ClO2/c1-2-14-11-6-5-10(12)8-9(11)4-3-7-13/h5-8H,2-4H2,1H3. The van der Waals surface area contributed by atoms with E-state index in [0.29, 0.717) is 24.5 Å². The van der Waals surface area contributed by atoms with Gasteiger partial charge in [-0.05, 0) is 37.1 Å². The zero-order valence-electron chi connectivity index (χ0n) is 8.13. The lowest BCUT2D eigenvalue weighted by Gasteiger charge is -2.09. The van der Waals surface area contributed by atoms with Gasteiger partial charge in [-0.2, -0.15) is 0 Å². The van der Waals surface area contributed by atoms with Gasteiger partial charge in [0.05, 0.1) is 6.61 Å². The maximum atomic E-state index is 10.3. The van der Waals surface area contributed by atoms with Crippen LogP contribution >= 0.6 is 11.6 Å². The molecule has 0 aliphatic rings. The van der Waals surface area contributed by atoms with E-state index >= 15 is 0 Å². The number of rotatable bonds is 5. The van der Waals surface area contributed by atoms with Crippen LogP contribution in [-0.2, 0) is 11.2 Å². The maximum absolute atomic E-state index is 10.3. The monoisotopic (exact) mass is 212 g/mol. The van der Waals surface area contributed by atoms with Crippen molar-refractivity contribution < 1.29 is 9.53 Å². The number of hydrogen-bond donors (Lipinski definition) is 0. The van der Waals surface area contributed by atoms with Gasteiger partial charge in [0.1, 0.15) is 12.0 Å². The first-order chi connectivity index (χ1) is 6.77. The minimum Gasteiger partial charge on any atom is -0.494 e. The van der Waals surface area contributed by atoms with Crippen LogP contribution in [0.4, 0.5) is 0 Å². The van der Waals surface area contributed by atoms with Crippen molar-refractivity contribution >= 4 is 17.9 Å². The van der Waals surface area contributed by atoms with Crippen LogP contribution in [0.2, 0.25) is 5.02 Å². The molecule has 0 heterocycles. The number of benzene rings is 1. The largest absolute Gasteiger partial charge is 0.494 e. The summed E-state index contributed by atoms with van der Waals surface area (Å²) in [5.41, 5.74) is 0.992. The third-order valence-corrected chi connectivity index (χ3v) is 2.09. The summed E-state index contributed by atoms with van der Waals surface area (Å²) in [4.78, 5) is 10.3. The van der Waals surface area contributed by atoms with Gasteiger partial charge in [0, 0.05) is 11.4 Å². The smallest absolute Gasteiger partial charge is 0.122 e. The molecule has 1 rings (SSSR count). The van der Waals surface area contributed by atoms with E-state index in [1.54, 1.807) is 6.07 Å². The summed E-state index contributed by atoms with van der Waals surface area (Å²) in [6.07, 6.45) is 2.08. The second kappa shape index (κ2) is 5.66. The fourth-order valence-corrected chi connectivity index (χ4v) is 1.45.